The molecule has 0 saturated carbocycles. The van der Waals surface area contributed by atoms with Crippen molar-refractivity contribution in [2.45, 2.75) is 32.1 Å². The third-order valence-electron chi connectivity index (χ3n) is 5.54. The largest absolute Gasteiger partial charge is 0.480 e. The molecule has 1 N–H and O–H groups in total. The van der Waals surface area contributed by atoms with Crippen molar-refractivity contribution in [2.75, 3.05) is 26.7 Å². The van der Waals surface area contributed by atoms with Crippen molar-refractivity contribution in [1.82, 2.24) is 15.2 Å². The topological polar surface area (TPSA) is 84.7 Å². The predicted molar refractivity (Wildman–Crippen MR) is 102 cm³/mol. The molecule has 2 aliphatic rings. The number of hydrogen-bond donors (Lipinski definition) is 1. The number of pyridine rings is 1. The van der Waals surface area contributed by atoms with Crippen molar-refractivity contribution in [3.63, 3.8) is 0 Å². The molecule has 4 rings (SSSR count). The lowest BCUT2D eigenvalue weighted by Gasteiger charge is -2.33. The van der Waals surface area contributed by atoms with Crippen molar-refractivity contribution >= 4 is 11.8 Å². The maximum atomic E-state index is 13.2. The summed E-state index contributed by atoms with van der Waals surface area (Å²) < 4.78 is 10.5. The number of ether oxygens (including phenoxy) is 1. The normalized spacial score (nSPS) is 18.6. The fourth-order valence-corrected chi connectivity index (χ4v) is 4.08. The van der Waals surface area contributed by atoms with Gasteiger partial charge in [-0.2, -0.15) is 0 Å². The van der Waals surface area contributed by atoms with Crippen molar-refractivity contribution < 1.29 is 18.7 Å². The van der Waals surface area contributed by atoms with Crippen molar-refractivity contribution in [3.8, 4) is 5.88 Å². The summed E-state index contributed by atoms with van der Waals surface area (Å²) in [6.07, 6.45) is 6.35. The van der Waals surface area contributed by atoms with Gasteiger partial charge in [-0.25, -0.2) is 4.98 Å². The van der Waals surface area contributed by atoms with Crippen LogP contribution in [-0.4, -0.2) is 48.4 Å². The van der Waals surface area contributed by atoms with Crippen molar-refractivity contribution in [1.29, 1.82) is 0 Å². The van der Waals surface area contributed by atoms with Gasteiger partial charge < -0.3 is 19.4 Å². The highest BCUT2D eigenvalue weighted by Gasteiger charge is 2.29. The fourth-order valence-electron chi connectivity index (χ4n) is 4.08. The molecule has 0 aromatic carbocycles. The number of fused-ring (bicyclic) bond motifs is 1. The van der Waals surface area contributed by atoms with Crippen LogP contribution < -0.4 is 10.1 Å². The first-order valence-electron chi connectivity index (χ1n) is 9.83. The molecule has 0 spiro atoms. The Morgan fingerprint density at radius 2 is 2.25 bits per heavy atom. The number of rotatable bonds is 5. The Labute approximate surface area is 164 Å². The van der Waals surface area contributed by atoms with E-state index in [1.165, 1.54) is 6.26 Å². The number of nitrogens with one attached hydrogen (secondary N) is 1. The predicted octanol–water partition coefficient (Wildman–Crippen LogP) is 2.45. The van der Waals surface area contributed by atoms with Gasteiger partial charge in [0.2, 0.25) is 5.88 Å². The number of hydrogen-bond acceptors (Lipinski definition) is 5. The van der Waals surface area contributed by atoms with Crippen LogP contribution in [0.3, 0.4) is 0 Å². The van der Waals surface area contributed by atoms with Crippen LogP contribution in [0.4, 0.5) is 0 Å². The number of nitrogens with zero attached hydrogens (tertiary/aromatic N) is 2. The van der Waals surface area contributed by atoms with E-state index in [0.717, 1.165) is 43.4 Å². The van der Waals surface area contributed by atoms with E-state index < -0.39 is 0 Å². The van der Waals surface area contributed by atoms with E-state index in [-0.39, 0.29) is 17.7 Å². The standard InChI is InChI=1S/C21H25N3O4/c1-27-20-16(11-15-6-2-7-17(15)23-20)21(26)24-9-3-5-14(13-24)12-22-19(25)18-8-4-10-28-18/h4,8,10-11,14H,2-3,5-7,9,12-13H2,1H3,(H,22,25)/t14-/m1/s1. The van der Waals surface area contributed by atoms with Crippen LogP contribution in [0.5, 0.6) is 5.88 Å². The SMILES string of the molecule is COc1nc2c(cc1C(=O)N1CCC[C@H](CNC(=O)c3ccco3)C1)CCC2. The molecule has 1 aliphatic carbocycles. The van der Waals surface area contributed by atoms with Crippen LogP contribution in [0.2, 0.25) is 0 Å². The highest BCUT2D eigenvalue weighted by atomic mass is 16.5. The minimum absolute atomic E-state index is 0.0406. The molecule has 0 bridgehead atoms. The van der Waals surface area contributed by atoms with Gasteiger partial charge >= 0.3 is 0 Å². The fraction of sp³-hybridized carbons (Fsp3) is 0.476. The Balaban J connectivity index is 1.41. The number of aromatic nitrogens is 1. The Bertz CT molecular complexity index is 863. The van der Waals surface area contributed by atoms with Crippen LogP contribution in [0.15, 0.2) is 28.9 Å². The average molecular weight is 383 g/mol. The number of piperidine rings is 1. The van der Waals surface area contributed by atoms with E-state index in [0.29, 0.717) is 36.8 Å². The smallest absolute Gasteiger partial charge is 0.286 e. The van der Waals surface area contributed by atoms with E-state index in [1.54, 1.807) is 19.2 Å². The van der Waals surface area contributed by atoms with Gasteiger partial charge in [0.15, 0.2) is 5.76 Å². The summed E-state index contributed by atoms with van der Waals surface area (Å²) in [6.45, 7) is 1.84. The lowest BCUT2D eigenvalue weighted by atomic mass is 9.97. The summed E-state index contributed by atoms with van der Waals surface area (Å²) >= 11 is 0. The number of carbonyl (C=O) groups is 2. The second-order valence-corrected chi connectivity index (χ2v) is 7.45. The number of aryl methyl sites for hydroxylation is 2. The molecule has 2 aromatic heterocycles. The zero-order valence-electron chi connectivity index (χ0n) is 16.1. The van der Waals surface area contributed by atoms with Gasteiger partial charge in [0, 0.05) is 25.3 Å². The zero-order chi connectivity index (χ0) is 19.5. The molecule has 0 unspecified atom stereocenters. The lowest BCUT2D eigenvalue weighted by Crippen LogP contribution is -2.43. The summed E-state index contributed by atoms with van der Waals surface area (Å²) in [6, 6.07) is 5.28. The highest BCUT2D eigenvalue weighted by Crippen LogP contribution is 2.28. The monoisotopic (exact) mass is 383 g/mol. The Kier molecular flexibility index (Phi) is 5.32. The van der Waals surface area contributed by atoms with Crippen LogP contribution >= 0.6 is 0 Å². The molecule has 2 aromatic rings. The van der Waals surface area contributed by atoms with E-state index in [9.17, 15) is 9.59 Å². The molecule has 28 heavy (non-hydrogen) atoms. The van der Waals surface area contributed by atoms with Gasteiger partial charge in [-0.1, -0.05) is 0 Å². The number of carbonyl (C=O) groups excluding carboxylic acids is 2. The van der Waals surface area contributed by atoms with Gasteiger partial charge in [0.05, 0.1) is 13.4 Å². The van der Waals surface area contributed by atoms with Crippen LogP contribution in [0.1, 0.15) is 51.4 Å². The van der Waals surface area contributed by atoms with Crippen LogP contribution in [-0.2, 0) is 12.8 Å². The van der Waals surface area contributed by atoms with E-state index >= 15 is 0 Å². The molecule has 0 radical (unpaired) electrons. The quantitative estimate of drug-likeness (QED) is 0.857. The van der Waals surface area contributed by atoms with E-state index in [2.05, 4.69) is 10.3 Å². The average Bonchev–Trinajstić information content (AvgIpc) is 3.42. The molecule has 148 valence electrons. The first kappa shape index (κ1) is 18.5. The van der Waals surface area contributed by atoms with Crippen LogP contribution in [0, 0.1) is 5.92 Å². The maximum absolute atomic E-state index is 13.2. The minimum atomic E-state index is -0.224. The summed E-state index contributed by atoms with van der Waals surface area (Å²) in [7, 11) is 1.56. The van der Waals surface area contributed by atoms with Gasteiger partial charge in [-0.05, 0) is 61.8 Å². The summed E-state index contributed by atoms with van der Waals surface area (Å²) in [5, 5.41) is 2.90. The zero-order valence-corrected chi connectivity index (χ0v) is 16.1. The second-order valence-electron chi connectivity index (χ2n) is 7.45. The highest BCUT2D eigenvalue weighted by molar-refractivity contribution is 5.96. The summed E-state index contributed by atoms with van der Waals surface area (Å²) in [4.78, 5) is 31.6. The lowest BCUT2D eigenvalue weighted by molar-refractivity contribution is 0.0665. The molecule has 1 fully saturated rings. The first-order chi connectivity index (χ1) is 13.7. The van der Waals surface area contributed by atoms with E-state index in [1.807, 2.05) is 11.0 Å². The summed E-state index contributed by atoms with van der Waals surface area (Å²) in [5.41, 5.74) is 2.75. The van der Waals surface area contributed by atoms with Gasteiger partial charge in [-0.3, -0.25) is 9.59 Å². The molecular weight excluding hydrogens is 358 g/mol. The molecule has 1 aliphatic heterocycles. The molecular formula is C21H25N3O4. The third-order valence-corrected chi connectivity index (χ3v) is 5.54. The van der Waals surface area contributed by atoms with Gasteiger partial charge in [0.1, 0.15) is 5.56 Å². The second kappa shape index (κ2) is 8.04. The number of amides is 2. The molecule has 7 heteroatoms. The Hall–Kier alpha value is -2.83. The number of furan rings is 1. The Morgan fingerprint density at radius 3 is 3.04 bits per heavy atom. The first-order valence-corrected chi connectivity index (χ1v) is 9.83. The van der Waals surface area contributed by atoms with Crippen molar-refractivity contribution in [2.24, 2.45) is 5.92 Å². The minimum Gasteiger partial charge on any atom is -0.480 e. The molecule has 2 amide bonds. The summed E-state index contributed by atoms with van der Waals surface area (Å²) in [5.74, 6) is 0.667. The van der Waals surface area contributed by atoms with Gasteiger partial charge in [0.25, 0.3) is 11.8 Å². The Morgan fingerprint density at radius 1 is 1.36 bits per heavy atom. The van der Waals surface area contributed by atoms with E-state index in [4.69, 9.17) is 9.15 Å². The molecule has 1 saturated heterocycles. The van der Waals surface area contributed by atoms with Crippen molar-refractivity contribution in [3.05, 3.63) is 47.0 Å². The third kappa shape index (κ3) is 3.74. The molecule has 7 nitrogen and oxygen atoms in total. The number of methoxy groups -OCH3 is 1. The number of likely N-dealkylation sites (tertiary alicyclic amines) is 1. The maximum Gasteiger partial charge on any atom is 0.286 e. The molecule has 1 atom stereocenters. The van der Waals surface area contributed by atoms with Gasteiger partial charge in [-0.15, -0.1) is 0 Å². The molecule has 3 heterocycles. The van der Waals surface area contributed by atoms with Crippen LogP contribution in [0.25, 0.3) is 0 Å².